The van der Waals surface area contributed by atoms with Gasteiger partial charge >= 0.3 is 0 Å². The lowest BCUT2D eigenvalue weighted by atomic mass is 10.1. The van der Waals surface area contributed by atoms with Gasteiger partial charge in [0.2, 0.25) is 0 Å². The van der Waals surface area contributed by atoms with Crippen molar-refractivity contribution in [2.24, 2.45) is 5.92 Å². The molecule has 0 aliphatic heterocycles. The molecule has 0 rings (SSSR count). The predicted octanol–water partition coefficient (Wildman–Crippen LogP) is 1.64. The van der Waals surface area contributed by atoms with E-state index in [0.29, 0.717) is 12.5 Å². The largest absolute Gasteiger partial charge is 0.396 e. The predicted molar refractivity (Wildman–Crippen MR) is 50.8 cm³/mol. The molecule has 11 heavy (non-hydrogen) atoms. The average Bonchev–Trinajstić information content (AvgIpc) is 2.05. The van der Waals surface area contributed by atoms with Crippen molar-refractivity contribution in [3.05, 3.63) is 0 Å². The highest BCUT2D eigenvalue weighted by molar-refractivity contribution is 4.52. The Balaban J connectivity index is 0. The Morgan fingerprint density at radius 3 is 2.18 bits per heavy atom. The first-order chi connectivity index (χ1) is 5.31. The van der Waals surface area contributed by atoms with Crippen LogP contribution in [0.4, 0.5) is 0 Å². The zero-order valence-corrected chi connectivity index (χ0v) is 8.35. The van der Waals surface area contributed by atoms with Gasteiger partial charge in [-0.3, -0.25) is 0 Å². The van der Waals surface area contributed by atoms with Gasteiger partial charge in [0.1, 0.15) is 0 Å². The standard InChI is InChI=1S/C7H17NO.C2H6/c1-7(4-6-9)3-5-8-2;1-2/h7-9H,3-6H2,1-2H3;1-2H3. The molecule has 0 aromatic carbocycles. The SMILES string of the molecule is CC.CNCCC(C)CCO. The lowest BCUT2D eigenvalue weighted by Gasteiger charge is -2.07. The van der Waals surface area contributed by atoms with Crippen molar-refractivity contribution < 1.29 is 5.11 Å². The molecule has 2 N–H and O–H groups in total. The Kier molecular flexibility index (Phi) is 15.4. The molecule has 0 radical (unpaired) electrons. The number of aliphatic hydroxyl groups is 1. The molecule has 0 fully saturated rings. The monoisotopic (exact) mass is 161 g/mol. The zero-order valence-electron chi connectivity index (χ0n) is 8.35. The summed E-state index contributed by atoms with van der Waals surface area (Å²) in [6, 6.07) is 0. The molecular weight excluding hydrogens is 138 g/mol. The van der Waals surface area contributed by atoms with Crippen LogP contribution in [-0.2, 0) is 0 Å². The van der Waals surface area contributed by atoms with Crippen molar-refractivity contribution in [1.29, 1.82) is 0 Å². The number of aliphatic hydroxyl groups excluding tert-OH is 1. The van der Waals surface area contributed by atoms with Crippen molar-refractivity contribution in [1.82, 2.24) is 5.32 Å². The molecule has 0 aromatic rings. The molecule has 1 atom stereocenters. The minimum atomic E-state index is 0.324. The lowest BCUT2D eigenvalue weighted by molar-refractivity contribution is 0.258. The summed E-state index contributed by atoms with van der Waals surface area (Å²) in [4.78, 5) is 0. The number of hydrogen-bond donors (Lipinski definition) is 2. The third-order valence-electron chi connectivity index (χ3n) is 1.51. The van der Waals surface area contributed by atoms with Gasteiger partial charge in [0.15, 0.2) is 0 Å². The van der Waals surface area contributed by atoms with Crippen LogP contribution in [0.25, 0.3) is 0 Å². The van der Waals surface area contributed by atoms with Gasteiger partial charge in [-0.2, -0.15) is 0 Å². The van der Waals surface area contributed by atoms with Crippen LogP contribution in [0.3, 0.4) is 0 Å². The summed E-state index contributed by atoms with van der Waals surface area (Å²) in [5.74, 6) is 0.655. The molecule has 2 heteroatoms. The molecule has 1 unspecified atom stereocenters. The van der Waals surface area contributed by atoms with E-state index in [1.165, 1.54) is 0 Å². The van der Waals surface area contributed by atoms with E-state index >= 15 is 0 Å². The van der Waals surface area contributed by atoms with Gasteiger partial charge < -0.3 is 10.4 Å². The molecule has 0 aliphatic rings. The van der Waals surface area contributed by atoms with E-state index in [1.54, 1.807) is 0 Å². The summed E-state index contributed by atoms with van der Waals surface area (Å²) in [5, 5.41) is 11.6. The fourth-order valence-corrected chi connectivity index (χ4v) is 0.755. The Morgan fingerprint density at radius 2 is 1.82 bits per heavy atom. The Hall–Kier alpha value is -0.0800. The van der Waals surface area contributed by atoms with E-state index in [1.807, 2.05) is 20.9 Å². The number of nitrogens with one attached hydrogen (secondary N) is 1. The Labute approximate surface area is 71.0 Å². The smallest absolute Gasteiger partial charge is 0.0433 e. The maximum atomic E-state index is 8.52. The van der Waals surface area contributed by atoms with Crippen molar-refractivity contribution in [3.8, 4) is 0 Å². The van der Waals surface area contributed by atoms with Crippen LogP contribution >= 0.6 is 0 Å². The molecular formula is C9H23NO. The molecule has 0 bridgehead atoms. The second-order valence-electron chi connectivity index (χ2n) is 2.51. The summed E-state index contributed by atoms with van der Waals surface area (Å²) in [5.41, 5.74) is 0. The topological polar surface area (TPSA) is 32.3 Å². The molecule has 0 spiro atoms. The van der Waals surface area contributed by atoms with Crippen LogP contribution < -0.4 is 5.32 Å². The summed E-state index contributed by atoms with van der Waals surface area (Å²) in [6.07, 6.45) is 2.10. The molecule has 70 valence electrons. The van der Waals surface area contributed by atoms with E-state index < -0.39 is 0 Å². The Morgan fingerprint density at radius 1 is 1.27 bits per heavy atom. The van der Waals surface area contributed by atoms with E-state index in [-0.39, 0.29) is 0 Å². The highest BCUT2D eigenvalue weighted by Gasteiger charge is 1.97. The average molecular weight is 161 g/mol. The van der Waals surface area contributed by atoms with Gasteiger partial charge in [0.05, 0.1) is 0 Å². The maximum Gasteiger partial charge on any atom is 0.0433 e. The summed E-state index contributed by atoms with van der Waals surface area (Å²) in [7, 11) is 1.95. The third-order valence-corrected chi connectivity index (χ3v) is 1.51. The highest BCUT2D eigenvalue weighted by Crippen LogP contribution is 2.03. The summed E-state index contributed by atoms with van der Waals surface area (Å²) in [6.45, 7) is 7.54. The van der Waals surface area contributed by atoms with Gasteiger partial charge in [-0.1, -0.05) is 20.8 Å². The molecule has 0 saturated carbocycles. The highest BCUT2D eigenvalue weighted by atomic mass is 16.3. The third kappa shape index (κ3) is 13.0. The van der Waals surface area contributed by atoms with Crippen LogP contribution in [0.2, 0.25) is 0 Å². The van der Waals surface area contributed by atoms with Crippen LogP contribution in [0.1, 0.15) is 33.6 Å². The quantitative estimate of drug-likeness (QED) is 0.642. The first-order valence-corrected chi connectivity index (χ1v) is 4.56. The van der Waals surface area contributed by atoms with Crippen molar-refractivity contribution in [3.63, 3.8) is 0 Å². The molecule has 0 heterocycles. The maximum absolute atomic E-state index is 8.52. The zero-order chi connectivity index (χ0) is 9.11. The van der Waals surface area contributed by atoms with Crippen molar-refractivity contribution in [2.75, 3.05) is 20.2 Å². The van der Waals surface area contributed by atoms with E-state index in [2.05, 4.69) is 12.2 Å². The van der Waals surface area contributed by atoms with Crippen LogP contribution in [0, 0.1) is 5.92 Å². The summed E-state index contributed by atoms with van der Waals surface area (Å²) < 4.78 is 0. The molecule has 0 amide bonds. The lowest BCUT2D eigenvalue weighted by Crippen LogP contribution is -2.12. The van der Waals surface area contributed by atoms with Gasteiger partial charge in [0.25, 0.3) is 0 Å². The van der Waals surface area contributed by atoms with E-state index in [4.69, 9.17) is 5.11 Å². The molecule has 0 aromatic heterocycles. The molecule has 2 nitrogen and oxygen atoms in total. The molecule has 0 saturated heterocycles. The molecule has 0 aliphatic carbocycles. The van der Waals surface area contributed by atoms with E-state index in [9.17, 15) is 0 Å². The second kappa shape index (κ2) is 12.6. The fourth-order valence-electron chi connectivity index (χ4n) is 0.755. The fraction of sp³-hybridized carbons (Fsp3) is 1.00. The summed E-state index contributed by atoms with van der Waals surface area (Å²) >= 11 is 0. The van der Waals surface area contributed by atoms with Crippen molar-refractivity contribution in [2.45, 2.75) is 33.6 Å². The van der Waals surface area contributed by atoms with Gasteiger partial charge in [-0.05, 0) is 32.4 Å². The van der Waals surface area contributed by atoms with Crippen molar-refractivity contribution >= 4 is 0 Å². The minimum Gasteiger partial charge on any atom is -0.396 e. The first kappa shape index (κ1) is 13.5. The Bertz CT molecular complexity index is 57.5. The van der Waals surface area contributed by atoms with Gasteiger partial charge in [-0.15, -0.1) is 0 Å². The normalized spacial score (nSPS) is 11.7. The first-order valence-electron chi connectivity index (χ1n) is 4.56. The number of rotatable bonds is 5. The van der Waals surface area contributed by atoms with E-state index in [0.717, 1.165) is 19.4 Å². The van der Waals surface area contributed by atoms with Crippen LogP contribution in [-0.4, -0.2) is 25.3 Å². The second-order valence-corrected chi connectivity index (χ2v) is 2.51. The number of hydrogen-bond acceptors (Lipinski definition) is 2. The van der Waals surface area contributed by atoms with Gasteiger partial charge in [0, 0.05) is 6.61 Å². The van der Waals surface area contributed by atoms with Crippen LogP contribution in [0.5, 0.6) is 0 Å². The van der Waals surface area contributed by atoms with Crippen LogP contribution in [0.15, 0.2) is 0 Å². The van der Waals surface area contributed by atoms with Gasteiger partial charge in [-0.25, -0.2) is 0 Å². The minimum absolute atomic E-state index is 0.324.